The van der Waals surface area contributed by atoms with Crippen molar-refractivity contribution in [2.45, 2.75) is 13.8 Å². The molecule has 0 saturated heterocycles. The van der Waals surface area contributed by atoms with E-state index >= 15 is 0 Å². The second-order valence-corrected chi connectivity index (χ2v) is 6.81. The van der Waals surface area contributed by atoms with Crippen molar-refractivity contribution < 1.29 is 19.1 Å². The van der Waals surface area contributed by atoms with Crippen LogP contribution in [0, 0.1) is 5.92 Å². The molecular formula is C24H25N3O4. The lowest BCUT2D eigenvalue weighted by Crippen LogP contribution is -2.34. The molecule has 31 heavy (non-hydrogen) atoms. The number of hydrogen-bond donors (Lipinski definition) is 2. The van der Waals surface area contributed by atoms with Gasteiger partial charge in [-0.2, -0.15) is 5.10 Å². The molecule has 160 valence electrons. The van der Waals surface area contributed by atoms with Crippen LogP contribution in [0.5, 0.6) is 11.5 Å². The third-order valence-electron chi connectivity index (χ3n) is 4.74. The van der Waals surface area contributed by atoms with Crippen LogP contribution in [0.3, 0.4) is 0 Å². The van der Waals surface area contributed by atoms with E-state index in [9.17, 15) is 9.59 Å². The number of methoxy groups -OCH3 is 1. The zero-order valence-corrected chi connectivity index (χ0v) is 17.7. The minimum Gasteiger partial charge on any atom is -0.497 e. The smallest absolute Gasteiger partial charge is 0.252 e. The van der Waals surface area contributed by atoms with Gasteiger partial charge in [0.15, 0.2) is 0 Å². The van der Waals surface area contributed by atoms with Crippen molar-refractivity contribution in [3.63, 3.8) is 0 Å². The largest absolute Gasteiger partial charge is 0.497 e. The van der Waals surface area contributed by atoms with Gasteiger partial charge in [-0.05, 0) is 55.6 Å². The van der Waals surface area contributed by atoms with Crippen LogP contribution in [0.4, 0.5) is 5.69 Å². The maximum absolute atomic E-state index is 12.3. The van der Waals surface area contributed by atoms with E-state index in [-0.39, 0.29) is 0 Å². The molecule has 2 N–H and O–H groups in total. The Labute approximate surface area is 181 Å². The highest BCUT2D eigenvalue weighted by molar-refractivity contribution is 6.06. The molecule has 0 fully saturated rings. The van der Waals surface area contributed by atoms with Gasteiger partial charge in [0.1, 0.15) is 17.4 Å². The zero-order chi connectivity index (χ0) is 22.2. The second kappa shape index (κ2) is 10.2. The molecule has 0 heterocycles. The van der Waals surface area contributed by atoms with E-state index in [4.69, 9.17) is 9.47 Å². The van der Waals surface area contributed by atoms with Gasteiger partial charge in [-0.1, -0.05) is 24.3 Å². The molecule has 0 aliphatic heterocycles. The molecule has 3 aromatic rings. The lowest BCUT2D eigenvalue weighted by molar-refractivity contribution is -0.131. The SMILES string of the molecule is CCOc1ccc(C=NNC(=O)C(C)C(=O)Nc2ccc(OC)cc2)c2ccccc12. The number of ether oxygens (including phenoxy) is 2. The first-order valence-electron chi connectivity index (χ1n) is 9.96. The van der Waals surface area contributed by atoms with E-state index < -0.39 is 17.7 Å². The lowest BCUT2D eigenvalue weighted by Gasteiger charge is -2.11. The Balaban J connectivity index is 1.64. The van der Waals surface area contributed by atoms with Gasteiger partial charge in [0.05, 0.1) is 19.9 Å². The van der Waals surface area contributed by atoms with Gasteiger partial charge in [0.2, 0.25) is 5.91 Å². The number of benzene rings is 3. The third-order valence-corrected chi connectivity index (χ3v) is 4.74. The molecule has 0 aliphatic carbocycles. The highest BCUT2D eigenvalue weighted by Gasteiger charge is 2.21. The number of hydrazone groups is 1. The Hall–Kier alpha value is -3.87. The van der Waals surface area contributed by atoms with Gasteiger partial charge in [0.25, 0.3) is 5.91 Å². The minimum atomic E-state index is -0.920. The van der Waals surface area contributed by atoms with Crippen LogP contribution >= 0.6 is 0 Å². The summed E-state index contributed by atoms with van der Waals surface area (Å²) in [6.45, 7) is 4.03. The number of amides is 2. The predicted molar refractivity (Wildman–Crippen MR) is 122 cm³/mol. The molecule has 1 unspecified atom stereocenters. The number of rotatable bonds is 8. The zero-order valence-electron chi connectivity index (χ0n) is 17.7. The van der Waals surface area contributed by atoms with Crippen molar-refractivity contribution in [2.24, 2.45) is 11.0 Å². The predicted octanol–water partition coefficient (Wildman–Crippen LogP) is 3.97. The van der Waals surface area contributed by atoms with Crippen molar-refractivity contribution in [1.82, 2.24) is 5.43 Å². The van der Waals surface area contributed by atoms with Crippen molar-refractivity contribution in [1.29, 1.82) is 0 Å². The summed E-state index contributed by atoms with van der Waals surface area (Å²) in [6, 6.07) is 18.4. The van der Waals surface area contributed by atoms with Crippen molar-refractivity contribution in [2.75, 3.05) is 19.0 Å². The molecule has 0 aromatic heterocycles. The number of carbonyl (C=O) groups is 2. The molecule has 1 atom stereocenters. The average molecular weight is 419 g/mol. The number of anilines is 1. The Bertz CT molecular complexity index is 1090. The van der Waals surface area contributed by atoms with Crippen LogP contribution in [0.25, 0.3) is 10.8 Å². The van der Waals surface area contributed by atoms with Crippen molar-refractivity contribution in [3.05, 3.63) is 66.2 Å². The van der Waals surface area contributed by atoms with Crippen LogP contribution in [0.2, 0.25) is 0 Å². The van der Waals surface area contributed by atoms with Crippen LogP contribution in [0.1, 0.15) is 19.4 Å². The highest BCUT2D eigenvalue weighted by Crippen LogP contribution is 2.27. The monoisotopic (exact) mass is 419 g/mol. The number of carbonyl (C=O) groups excluding carboxylic acids is 2. The Kier molecular flexibility index (Phi) is 7.22. The molecule has 0 spiro atoms. The number of nitrogens with zero attached hydrogens (tertiary/aromatic N) is 1. The molecule has 0 radical (unpaired) electrons. The molecule has 2 amide bonds. The van der Waals surface area contributed by atoms with Crippen LogP contribution in [-0.2, 0) is 9.59 Å². The molecule has 3 rings (SSSR count). The minimum absolute atomic E-state index is 0.426. The topological polar surface area (TPSA) is 89.0 Å². The van der Waals surface area contributed by atoms with Gasteiger partial charge in [-0.25, -0.2) is 5.43 Å². The normalized spacial score (nSPS) is 11.8. The fourth-order valence-corrected chi connectivity index (χ4v) is 2.99. The summed E-state index contributed by atoms with van der Waals surface area (Å²) in [7, 11) is 1.57. The Morgan fingerprint density at radius 1 is 1.00 bits per heavy atom. The van der Waals surface area contributed by atoms with Gasteiger partial charge >= 0.3 is 0 Å². The molecule has 0 bridgehead atoms. The van der Waals surface area contributed by atoms with E-state index in [0.717, 1.165) is 22.1 Å². The fraction of sp³-hybridized carbons (Fsp3) is 0.208. The fourth-order valence-electron chi connectivity index (χ4n) is 2.99. The van der Waals surface area contributed by atoms with Gasteiger partial charge in [-0.3, -0.25) is 9.59 Å². The average Bonchev–Trinajstić information content (AvgIpc) is 2.80. The maximum atomic E-state index is 12.3. The number of fused-ring (bicyclic) bond motifs is 1. The number of hydrogen-bond acceptors (Lipinski definition) is 5. The summed E-state index contributed by atoms with van der Waals surface area (Å²) in [6.07, 6.45) is 1.56. The van der Waals surface area contributed by atoms with Gasteiger partial charge in [-0.15, -0.1) is 0 Å². The molecule has 0 saturated carbocycles. The summed E-state index contributed by atoms with van der Waals surface area (Å²) >= 11 is 0. The molecule has 7 nitrogen and oxygen atoms in total. The first-order valence-corrected chi connectivity index (χ1v) is 9.96. The van der Waals surface area contributed by atoms with E-state index in [2.05, 4.69) is 15.8 Å². The first kappa shape index (κ1) is 21.8. The molecular weight excluding hydrogens is 394 g/mol. The van der Waals surface area contributed by atoms with E-state index in [1.54, 1.807) is 37.6 Å². The summed E-state index contributed by atoms with van der Waals surface area (Å²) in [4.78, 5) is 24.7. The Morgan fingerprint density at radius 2 is 1.71 bits per heavy atom. The summed E-state index contributed by atoms with van der Waals surface area (Å²) in [5.74, 6) is -0.374. The van der Waals surface area contributed by atoms with E-state index in [1.165, 1.54) is 6.92 Å². The van der Waals surface area contributed by atoms with Crippen molar-refractivity contribution in [3.8, 4) is 11.5 Å². The van der Waals surface area contributed by atoms with Crippen LogP contribution in [-0.4, -0.2) is 31.7 Å². The van der Waals surface area contributed by atoms with E-state index in [1.807, 2.05) is 43.3 Å². The number of nitrogens with one attached hydrogen (secondary N) is 2. The Morgan fingerprint density at radius 3 is 2.39 bits per heavy atom. The standard InChI is InChI=1S/C24H25N3O4/c1-4-31-22-14-9-17(20-7-5-6-8-21(20)22)15-25-27-24(29)16(2)23(28)26-18-10-12-19(30-3)13-11-18/h5-16H,4H2,1-3H3,(H,26,28)(H,27,29). The third kappa shape index (κ3) is 5.39. The van der Waals surface area contributed by atoms with Gasteiger partial charge < -0.3 is 14.8 Å². The summed E-state index contributed by atoms with van der Waals surface area (Å²) in [5.41, 5.74) is 3.85. The first-order chi connectivity index (χ1) is 15.0. The summed E-state index contributed by atoms with van der Waals surface area (Å²) in [5, 5.41) is 8.66. The quantitative estimate of drug-likeness (QED) is 0.328. The molecule has 7 heteroatoms. The lowest BCUT2D eigenvalue weighted by atomic mass is 10.0. The highest BCUT2D eigenvalue weighted by atomic mass is 16.5. The van der Waals surface area contributed by atoms with Crippen molar-refractivity contribution >= 4 is 34.5 Å². The maximum Gasteiger partial charge on any atom is 0.252 e. The van der Waals surface area contributed by atoms with E-state index in [0.29, 0.717) is 18.0 Å². The second-order valence-electron chi connectivity index (χ2n) is 6.81. The molecule has 0 aliphatic rings. The van der Waals surface area contributed by atoms with Gasteiger partial charge in [0, 0.05) is 16.6 Å². The molecule has 3 aromatic carbocycles. The summed E-state index contributed by atoms with van der Waals surface area (Å²) < 4.78 is 10.8. The van der Waals surface area contributed by atoms with Crippen LogP contribution in [0.15, 0.2) is 65.8 Å². The van der Waals surface area contributed by atoms with Crippen LogP contribution < -0.4 is 20.2 Å².